The molecule has 4 rings (SSSR count). The number of rotatable bonds is 3. The van der Waals surface area contributed by atoms with Crippen molar-refractivity contribution in [2.45, 2.75) is 6.42 Å². The zero-order chi connectivity index (χ0) is 21.8. The van der Waals surface area contributed by atoms with Crippen LogP contribution >= 0.6 is 11.6 Å². The summed E-state index contributed by atoms with van der Waals surface area (Å²) in [5, 5.41) is 3.45. The number of imidazole rings is 1. The lowest BCUT2D eigenvalue weighted by Gasteiger charge is -2.23. The highest BCUT2D eigenvalue weighted by Crippen LogP contribution is 2.17. The van der Waals surface area contributed by atoms with E-state index in [0.717, 1.165) is 0 Å². The van der Waals surface area contributed by atoms with E-state index in [1.807, 2.05) is 0 Å². The molecule has 3 amide bonds. The van der Waals surface area contributed by atoms with Crippen LogP contribution in [0.3, 0.4) is 0 Å². The van der Waals surface area contributed by atoms with Gasteiger partial charge in [-0.15, -0.1) is 0 Å². The number of carbonyl (C=O) groups excluding carboxylic acids is 2. The van der Waals surface area contributed by atoms with Gasteiger partial charge >= 0.3 is 6.03 Å². The number of aromatic nitrogens is 2. The van der Waals surface area contributed by atoms with Crippen LogP contribution in [0.15, 0.2) is 61.1 Å². The highest BCUT2D eigenvalue weighted by molar-refractivity contribution is 6.30. The van der Waals surface area contributed by atoms with E-state index in [0.29, 0.717) is 54.7 Å². The Labute approximate surface area is 184 Å². The second-order valence-corrected chi connectivity index (χ2v) is 7.63. The molecule has 2 aromatic carbocycles. The average Bonchev–Trinajstić information content (AvgIpc) is 3.12. The molecule has 0 unspecified atom stereocenters. The maximum Gasteiger partial charge on any atom is 0.321 e. The van der Waals surface area contributed by atoms with E-state index in [4.69, 9.17) is 11.6 Å². The van der Waals surface area contributed by atoms with Gasteiger partial charge in [-0.3, -0.25) is 9.36 Å². The summed E-state index contributed by atoms with van der Waals surface area (Å²) in [5.74, 6) is -0.525. The minimum atomic E-state index is -0.346. The van der Waals surface area contributed by atoms with Gasteiger partial charge in [-0.25, -0.2) is 14.2 Å². The fourth-order valence-corrected chi connectivity index (χ4v) is 3.61. The second kappa shape index (κ2) is 9.18. The van der Waals surface area contributed by atoms with Crippen molar-refractivity contribution in [1.82, 2.24) is 19.4 Å². The Bertz CT molecular complexity index is 1070. The Morgan fingerprint density at radius 2 is 1.61 bits per heavy atom. The molecule has 1 aliphatic heterocycles. The standard InChI is InChI=1S/C22H21ClFN5O2/c23-16-2-6-18(7-3-16)26-22(31)28-11-1-10-27(12-13-28)21(30)20-14-25-15-29(20)19-8-4-17(24)5-9-19/h2-9,14-15H,1,10-13H2,(H,26,31). The first kappa shape index (κ1) is 20.9. The Morgan fingerprint density at radius 3 is 2.35 bits per heavy atom. The summed E-state index contributed by atoms with van der Waals surface area (Å²) in [6.07, 6.45) is 3.69. The fourth-order valence-electron chi connectivity index (χ4n) is 3.48. The smallest absolute Gasteiger partial charge is 0.321 e. The molecule has 0 atom stereocenters. The number of nitrogens with zero attached hydrogens (tertiary/aromatic N) is 4. The van der Waals surface area contributed by atoms with Crippen LogP contribution in [-0.2, 0) is 0 Å². The summed E-state index contributed by atoms with van der Waals surface area (Å²) >= 11 is 5.88. The molecule has 0 saturated carbocycles. The number of carbonyl (C=O) groups is 2. The van der Waals surface area contributed by atoms with Crippen molar-refractivity contribution in [3.8, 4) is 5.69 Å². The van der Waals surface area contributed by atoms with Gasteiger partial charge in [0.1, 0.15) is 11.5 Å². The topological polar surface area (TPSA) is 70.5 Å². The number of nitrogens with one attached hydrogen (secondary N) is 1. The average molecular weight is 442 g/mol. The van der Waals surface area contributed by atoms with Crippen LogP contribution in [0.4, 0.5) is 14.9 Å². The fraction of sp³-hybridized carbons (Fsp3) is 0.227. The molecule has 0 spiro atoms. The molecule has 0 bridgehead atoms. The molecule has 9 heteroatoms. The van der Waals surface area contributed by atoms with Crippen LogP contribution in [-0.4, -0.2) is 57.5 Å². The maximum atomic E-state index is 13.2. The van der Waals surface area contributed by atoms with E-state index >= 15 is 0 Å². The van der Waals surface area contributed by atoms with Gasteiger partial charge < -0.3 is 15.1 Å². The molecular weight excluding hydrogens is 421 g/mol. The zero-order valence-electron chi connectivity index (χ0n) is 16.7. The predicted molar refractivity (Wildman–Crippen MR) is 116 cm³/mol. The Kier molecular flexibility index (Phi) is 6.18. The van der Waals surface area contributed by atoms with Crippen LogP contribution < -0.4 is 5.32 Å². The summed E-state index contributed by atoms with van der Waals surface area (Å²) in [6.45, 7) is 1.88. The molecule has 0 radical (unpaired) electrons. The summed E-state index contributed by atoms with van der Waals surface area (Å²) in [7, 11) is 0. The van der Waals surface area contributed by atoms with Crippen molar-refractivity contribution in [3.05, 3.63) is 77.6 Å². The van der Waals surface area contributed by atoms with Crippen LogP contribution in [0.5, 0.6) is 0 Å². The van der Waals surface area contributed by atoms with Gasteiger partial charge in [0, 0.05) is 42.6 Å². The lowest BCUT2D eigenvalue weighted by atomic mass is 10.3. The molecule has 160 valence electrons. The molecule has 2 heterocycles. The number of halogens is 2. The van der Waals surface area contributed by atoms with Gasteiger partial charge in [-0.2, -0.15) is 0 Å². The van der Waals surface area contributed by atoms with Crippen molar-refractivity contribution < 1.29 is 14.0 Å². The number of benzene rings is 2. The van der Waals surface area contributed by atoms with Gasteiger partial charge in [-0.05, 0) is 55.0 Å². The maximum absolute atomic E-state index is 13.2. The van der Waals surface area contributed by atoms with E-state index in [1.54, 1.807) is 50.8 Å². The lowest BCUT2D eigenvalue weighted by molar-refractivity contribution is 0.0754. The Morgan fingerprint density at radius 1 is 0.935 bits per heavy atom. The van der Waals surface area contributed by atoms with Gasteiger partial charge in [-0.1, -0.05) is 11.6 Å². The Balaban J connectivity index is 1.41. The number of urea groups is 1. The summed E-state index contributed by atoms with van der Waals surface area (Å²) in [5.41, 5.74) is 1.71. The minimum absolute atomic E-state index is 0.179. The normalized spacial score (nSPS) is 14.3. The molecule has 1 aromatic heterocycles. The van der Waals surface area contributed by atoms with E-state index in [1.165, 1.54) is 24.7 Å². The largest absolute Gasteiger partial charge is 0.335 e. The first-order chi connectivity index (χ1) is 15.0. The molecule has 3 aromatic rings. The monoisotopic (exact) mass is 441 g/mol. The van der Waals surface area contributed by atoms with Crippen LogP contribution in [0.2, 0.25) is 5.02 Å². The molecule has 1 N–H and O–H groups in total. The summed E-state index contributed by atoms with van der Waals surface area (Å²) in [4.78, 5) is 33.2. The van der Waals surface area contributed by atoms with Crippen molar-refractivity contribution >= 4 is 29.2 Å². The van der Waals surface area contributed by atoms with Crippen LogP contribution in [0.25, 0.3) is 5.69 Å². The third-order valence-corrected chi connectivity index (χ3v) is 5.38. The third-order valence-electron chi connectivity index (χ3n) is 5.13. The summed E-state index contributed by atoms with van der Waals surface area (Å²) < 4.78 is 14.9. The lowest BCUT2D eigenvalue weighted by Crippen LogP contribution is -2.39. The van der Waals surface area contributed by atoms with Crippen molar-refractivity contribution in [2.24, 2.45) is 0 Å². The molecule has 7 nitrogen and oxygen atoms in total. The Hall–Kier alpha value is -3.39. The first-order valence-electron chi connectivity index (χ1n) is 9.90. The molecule has 1 aliphatic rings. The molecule has 1 saturated heterocycles. The van der Waals surface area contributed by atoms with Gasteiger partial charge in [0.2, 0.25) is 0 Å². The summed E-state index contributed by atoms with van der Waals surface area (Å²) in [6, 6.07) is 12.6. The molecule has 31 heavy (non-hydrogen) atoms. The predicted octanol–water partition coefficient (Wildman–Crippen LogP) is 4.04. The van der Waals surface area contributed by atoms with Gasteiger partial charge in [0.25, 0.3) is 5.91 Å². The van der Waals surface area contributed by atoms with Crippen LogP contribution in [0.1, 0.15) is 16.9 Å². The van der Waals surface area contributed by atoms with Crippen molar-refractivity contribution in [3.63, 3.8) is 0 Å². The molecule has 0 aliphatic carbocycles. The number of amides is 3. The van der Waals surface area contributed by atoms with E-state index in [2.05, 4.69) is 10.3 Å². The highest BCUT2D eigenvalue weighted by atomic mass is 35.5. The highest BCUT2D eigenvalue weighted by Gasteiger charge is 2.25. The van der Waals surface area contributed by atoms with Crippen LogP contribution in [0, 0.1) is 5.82 Å². The van der Waals surface area contributed by atoms with E-state index in [-0.39, 0.29) is 17.8 Å². The second-order valence-electron chi connectivity index (χ2n) is 7.20. The SMILES string of the molecule is O=C(Nc1ccc(Cl)cc1)N1CCCN(C(=O)c2cncn2-c2ccc(F)cc2)CC1. The number of anilines is 1. The van der Waals surface area contributed by atoms with Gasteiger partial charge in [0.05, 0.1) is 12.5 Å². The van der Waals surface area contributed by atoms with E-state index in [9.17, 15) is 14.0 Å². The van der Waals surface area contributed by atoms with Crippen molar-refractivity contribution in [1.29, 1.82) is 0 Å². The quantitative estimate of drug-likeness (QED) is 0.666. The number of hydrogen-bond donors (Lipinski definition) is 1. The van der Waals surface area contributed by atoms with Crippen molar-refractivity contribution in [2.75, 3.05) is 31.5 Å². The van der Waals surface area contributed by atoms with Gasteiger partial charge in [0.15, 0.2) is 0 Å². The first-order valence-corrected chi connectivity index (χ1v) is 10.3. The van der Waals surface area contributed by atoms with E-state index < -0.39 is 0 Å². The minimum Gasteiger partial charge on any atom is -0.335 e. The number of hydrogen-bond acceptors (Lipinski definition) is 3. The molecule has 1 fully saturated rings. The third kappa shape index (κ3) is 4.86. The molecular formula is C22H21ClFN5O2. The zero-order valence-corrected chi connectivity index (χ0v) is 17.4.